The number of rotatable bonds is 6. The molecule has 0 aromatic heterocycles. The van der Waals surface area contributed by atoms with Gasteiger partial charge in [-0.3, -0.25) is 0 Å². The highest BCUT2D eigenvalue weighted by Gasteiger charge is 2.11. The van der Waals surface area contributed by atoms with E-state index < -0.39 is 5.62 Å². The second-order valence-electron chi connectivity index (χ2n) is 1.98. The molecule has 0 amide bonds. The van der Waals surface area contributed by atoms with Gasteiger partial charge in [0.25, 0.3) is 0 Å². The van der Waals surface area contributed by atoms with Gasteiger partial charge in [-0.1, -0.05) is 17.5 Å². The summed E-state index contributed by atoms with van der Waals surface area (Å²) in [6, 6.07) is 0. The lowest BCUT2D eigenvalue weighted by atomic mass is 10.7. The van der Waals surface area contributed by atoms with E-state index in [-0.39, 0.29) is 0 Å². The molecular weight excluding hydrogens is 223 g/mol. The lowest BCUT2D eigenvalue weighted by Gasteiger charge is -2.12. The number of nitrogens with zero attached hydrogens (tertiary/aromatic N) is 1. The van der Waals surface area contributed by atoms with Crippen LogP contribution in [0.1, 0.15) is 13.8 Å². The summed E-state index contributed by atoms with van der Waals surface area (Å²) in [4.78, 5) is 0. The topological polar surface area (TPSA) is 33.6 Å². The average Bonchev–Trinajstić information content (AvgIpc) is 2.13. The Hall–Kier alpha value is 0.170. The van der Waals surface area contributed by atoms with Crippen molar-refractivity contribution in [3.05, 3.63) is 12.3 Å². The molecule has 0 aromatic carbocycles. The summed E-state index contributed by atoms with van der Waals surface area (Å²) in [5, 5.41) is 2.88. The van der Waals surface area contributed by atoms with E-state index in [1.165, 1.54) is 11.4 Å². The zero-order valence-corrected chi connectivity index (χ0v) is 10.6. The smallest absolute Gasteiger partial charge is 0.232 e. The van der Waals surface area contributed by atoms with E-state index in [0.717, 1.165) is 0 Å². The van der Waals surface area contributed by atoms with Gasteiger partial charge in [-0.2, -0.15) is 0 Å². The maximum Gasteiger partial charge on any atom is 0.232 e. The van der Waals surface area contributed by atoms with Crippen LogP contribution in [-0.4, -0.2) is 19.2 Å². The first kappa shape index (κ1) is 13.2. The second-order valence-corrected chi connectivity index (χ2v) is 8.53. The first-order chi connectivity index (χ1) is 6.18. The van der Waals surface area contributed by atoms with Crippen molar-refractivity contribution >= 4 is 35.1 Å². The fourth-order valence-electron chi connectivity index (χ4n) is 0.540. The second kappa shape index (κ2) is 7.56. The Morgan fingerprint density at radius 3 is 2.85 bits per heavy atom. The maximum absolute atomic E-state index is 5.39. The summed E-state index contributed by atoms with van der Waals surface area (Å²) >= 11 is 6.74. The molecule has 0 spiro atoms. The van der Waals surface area contributed by atoms with Crippen LogP contribution >= 0.6 is 17.0 Å². The Kier molecular flexibility index (Phi) is 7.66. The van der Waals surface area contributed by atoms with Crippen LogP contribution in [0.2, 0.25) is 0 Å². The molecule has 0 aliphatic rings. The van der Waals surface area contributed by atoms with Crippen LogP contribution in [0.25, 0.3) is 0 Å². The van der Waals surface area contributed by atoms with Gasteiger partial charge in [0.1, 0.15) is 0 Å². The van der Waals surface area contributed by atoms with E-state index in [4.69, 9.17) is 16.3 Å². The third-order valence-corrected chi connectivity index (χ3v) is 6.43. The van der Waals surface area contributed by atoms with Crippen molar-refractivity contribution < 1.29 is 4.52 Å². The maximum atomic E-state index is 5.39. The third kappa shape index (κ3) is 6.27. The molecule has 1 unspecified atom stereocenters. The highest BCUT2D eigenvalue weighted by molar-refractivity contribution is 8.68. The molecule has 6 heteroatoms. The summed E-state index contributed by atoms with van der Waals surface area (Å²) in [7, 11) is 0. The lowest BCUT2D eigenvalue weighted by Crippen LogP contribution is -1.99. The highest BCUT2D eigenvalue weighted by atomic mass is 32.9. The van der Waals surface area contributed by atoms with Gasteiger partial charge in [0.15, 0.2) is 0 Å². The molecule has 76 valence electrons. The van der Waals surface area contributed by atoms with Crippen LogP contribution in [0.15, 0.2) is 17.0 Å². The Labute approximate surface area is 88.9 Å². The van der Waals surface area contributed by atoms with Crippen LogP contribution in [0.4, 0.5) is 0 Å². The first-order valence-corrected chi connectivity index (χ1v) is 8.40. The molecule has 0 aliphatic heterocycles. The largest absolute Gasteiger partial charge is 0.353 e. The van der Waals surface area contributed by atoms with Gasteiger partial charge < -0.3 is 9.84 Å². The first-order valence-electron chi connectivity index (χ1n) is 3.90. The summed E-state index contributed by atoms with van der Waals surface area (Å²) in [6.45, 7) is 4.46. The molecule has 3 nitrogen and oxygen atoms in total. The molecule has 0 saturated carbocycles. The summed E-state index contributed by atoms with van der Waals surface area (Å²) in [5.41, 5.74) is -2.02. The van der Waals surface area contributed by atoms with Crippen molar-refractivity contribution in [2.45, 2.75) is 13.8 Å². The number of hydrogen-bond donors (Lipinski definition) is 1. The number of allylic oxidation sites excluding steroid dienone is 1. The molecule has 1 N–H and O–H groups in total. The van der Waals surface area contributed by atoms with E-state index in [2.05, 4.69) is 10.1 Å². The van der Waals surface area contributed by atoms with E-state index in [1.807, 2.05) is 26.2 Å². The van der Waals surface area contributed by atoms with E-state index >= 15 is 0 Å². The van der Waals surface area contributed by atoms with Crippen molar-refractivity contribution in [3.8, 4) is 0 Å². The molecule has 0 saturated heterocycles. The van der Waals surface area contributed by atoms with Gasteiger partial charge in [0.05, 0.1) is 12.9 Å². The van der Waals surface area contributed by atoms with Crippen molar-refractivity contribution in [2.24, 2.45) is 4.76 Å². The minimum Gasteiger partial charge on any atom is -0.353 e. The fraction of sp³-hybridized carbons (Fsp3) is 0.571. The number of nitrogens with one attached hydrogen (secondary N) is 1. The predicted octanol–water partition coefficient (Wildman–Crippen LogP) is 2.76. The van der Waals surface area contributed by atoms with Crippen molar-refractivity contribution in [2.75, 3.05) is 12.9 Å². The van der Waals surface area contributed by atoms with Crippen molar-refractivity contribution in [1.29, 1.82) is 0 Å². The molecule has 0 rings (SSSR count). The highest BCUT2D eigenvalue weighted by Crippen LogP contribution is 2.59. The van der Waals surface area contributed by atoms with Crippen LogP contribution < -0.4 is 5.32 Å². The van der Waals surface area contributed by atoms with E-state index in [0.29, 0.717) is 6.61 Å². The standard InChI is InChI=1S/C7H15N2OPS2/c1-4-6-8-7-9-11(12,13-3)10-5-2/h4,6-7H,5H2,1-3H3,(H,8,9,12). The third-order valence-electron chi connectivity index (χ3n) is 1.06. The van der Waals surface area contributed by atoms with Crippen LogP contribution in [0.3, 0.4) is 0 Å². The Morgan fingerprint density at radius 1 is 1.69 bits per heavy atom. The quantitative estimate of drug-likeness (QED) is 0.438. The van der Waals surface area contributed by atoms with Crippen LogP contribution in [0, 0.1) is 0 Å². The minimum absolute atomic E-state index is 0.610. The van der Waals surface area contributed by atoms with Gasteiger partial charge in [-0.15, -0.1) is 0 Å². The summed E-state index contributed by atoms with van der Waals surface area (Å²) in [5.74, 6) is 0. The van der Waals surface area contributed by atoms with Gasteiger partial charge >= 0.3 is 0 Å². The summed E-state index contributed by atoms with van der Waals surface area (Å²) in [6.07, 6.45) is 7.18. The predicted molar refractivity (Wildman–Crippen MR) is 65.9 cm³/mol. The Bertz CT molecular complexity index is 231. The lowest BCUT2D eigenvalue weighted by molar-refractivity contribution is 0.386. The van der Waals surface area contributed by atoms with Gasteiger partial charge in [0.2, 0.25) is 5.62 Å². The van der Waals surface area contributed by atoms with Gasteiger partial charge in [-0.25, -0.2) is 4.76 Å². The summed E-state index contributed by atoms with van der Waals surface area (Å²) < 4.78 is 9.57. The zero-order chi connectivity index (χ0) is 10.2. The zero-order valence-electron chi connectivity index (χ0n) is 8.06. The molecule has 0 heterocycles. The average molecular weight is 238 g/mol. The molecule has 13 heavy (non-hydrogen) atoms. The molecule has 0 aliphatic carbocycles. The monoisotopic (exact) mass is 238 g/mol. The van der Waals surface area contributed by atoms with E-state index in [1.54, 1.807) is 12.5 Å². The molecular formula is C7H15N2OPS2. The van der Waals surface area contributed by atoms with Crippen LogP contribution in [-0.2, 0) is 16.3 Å². The molecule has 0 fully saturated rings. The minimum atomic E-state index is -2.02. The SMILES string of the molecule is CC=CNC=NP(=S)(OCC)SC. The van der Waals surface area contributed by atoms with E-state index in [9.17, 15) is 0 Å². The fourth-order valence-corrected chi connectivity index (χ4v) is 2.85. The van der Waals surface area contributed by atoms with Crippen LogP contribution in [0.5, 0.6) is 0 Å². The van der Waals surface area contributed by atoms with Crippen molar-refractivity contribution in [1.82, 2.24) is 5.32 Å². The Balaban J connectivity index is 4.10. The van der Waals surface area contributed by atoms with Gasteiger partial charge in [-0.05, 0) is 38.1 Å². The molecule has 0 radical (unpaired) electrons. The molecule has 1 atom stereocenters. The normalized spacial score (nSPS) is 16.5. The molecule has 0 aromatic rings. The number of hydrogen-bond acceptors (Lipinski definition) is 3. The van der Waals surface area contributed by atoms with Gasteiger partial charge in [0, 0.05) is 0 Å². The Morgan fingerprint density at radius 2 is 2.38 bits per heavy atom. The van der Waals surface area contributed by atoms with Crippen molar-refractivity contribution in [3.63, 3.8) is 0 Å². The molecule has 0 bridgehead atoms.